The van der Waals surface area contributed by atoms with Crippen LogP contribution in [0.5, 0.6) is 0 Å². The monoisotopic (exact) mass is 330 g/mol. The summed E-state index contributed by atoms with van der Waals surface area (Å²) in [6.45, 7) is 0.669. The topological polar surface area (TPSA) is 55.1 Å². The zero-order valence-electron chi connectivity index (χ0n) is 10.9. The third kappa shape index (κ3) is 2.56. The van der Waals surface area contributed by atoms with E-state index in [1.165, 1.54) is 11.1 Å². The lowest BCUT2D eigenvalue weighted by Gasteiger charge is -2.30. The van der Waals surface area contributed by atoms with Gasteiger partial charge in [0.05, 0.1) is 0 Å². The zero-order valence-corrected chi connectivity index (χ0v) is 12.5. The van der Waals surface area contributed by atoms with Gasteiger partial charge in [-0.05, 0) is 35.7 Å². The summed E-state index contributed by atoms with van der Waals surface area (Å²) >= 11 is 3.35. The maximum Gasteiger partial charge on any atom is 0.251 e. The SMILES string of the molecule is Nc1cc(Br)cc(C(=O)NCC2Cc3ccccc32)c1. The maximum absolute atomic E-state index is 12.1. The number of halogens is 1. The molecule has 102 valence electrons. The summed E-state index contributed by atoms with van der Waals surface area (Å²) in [6.07, 6.45) is 1.04. The quantitative estimate of drug-likeness (QED) is 0.849. The van der Waals surface area contributed by atoms with E-state index in [0.29, 0.717) is 23.7 Å². The van der Waals surface area contributed by atoms with E-state index in [1.807, 2.05) is 6.07 Å². The molecular formula is C16H15BrN2O. The Balaban J connectivity index is 1.64. The number of hydrogen-bond acceptors (Lipinski definition) is 2. The standard InChI is InChI=1S/C16H15BrN2O/c17-13-6-11(7-14(18)8-13)16(20)19-9-12-5-10-3-1-2-4-15(10)12/h1-4,6-8,12H,5,9,18H2,(H,19,20). The Morgan fingerprint density at radius 3 is 2.85 bits per heavy atom. The molecule has 0 aromatic heterocycles. The van der Waals surface area contributed by atoms with Gasteiger partial charge in [-0.3, -0.25) is 4.79 Å². The van der Waals surface area contributed by atoms with E-state index in [9.17, 15) is 4.79 Å². The van der Waals surface area contributed by atoms with Gasteiger partial charge in [-0.2, -0.15) is 0 Å². The first-order valence-corrected chi connectivity index (χ1v) is 7.35. The minimum absolute atomic E-state index is 0.0811. The Morgan fingerprint density at radius 2 is 2.10 bits per heavy atom. The Labute approximate surface area is 126 Å². The first-order valence-electron chi connectivity index (χ1n) is 6.55. The second-order valence-electron chi connectivity index (χ2n) is 5.08. The number of carbonyl (C=O) groups is 1. The number of fused-ring (bicyclic) bond motifs is 1. The molecule has 4 heteroatoms. The minimum atomic E-state index is -0.0811. The summed E-state index contributed by atoms with van der Waals surface area (Å²) in [4.78, 5) is 12.1. The Morgan fingerprint density at radius 1 is 1.30 bits per heavy atom. The Hall–Kier alpha value is -1.81. The molecule has 1 amide bonds. The minimum Gasteiger partial charge on any atom is -0.399 e. The molecule has 0 aliphatic heterocycles. The van der Waals surface area contributed by atoms with Gasteiger partial charge in [0.15, 0.2) is 0 Å². The lowest BCUT2D eigenvalue weighted by Crippen LogP contribution is -2.33. The highest BCUT2D eigenvalue weighted by Crippen LogP contribution is 2.34. The molecule has 2 aromatic carbocycles. The second-order valence-corrected chi connectivity index (χ2v) is 6.00. The summed E-state index contributed by atoms with van der Waals surface area (Å²) in [5, 5.41) is 2.98. The summed E-state index contributed by atoms with van der Waals surface area (Å²) in [5.41, 5.74) is 9.65. The van der Waals surface area contributed by atoms with Gasteiger partial charge in [0.1, 0.15) is 0 Å². The Kier molecular flexibility index (Phi) is 3.49. The number of nitrogen functional groups attached to an aromatic ring is 1. The molecule has 20 heavy (non-hydrogen) atoms. The largest absolute Gasteiger partial charge is 0.399 e. The summed E-state index contributed by atoms with van der Waals surface area (Å²) in [6, 6.07) is 13.6. The van der Waals surface area contributed by atoms with Gasteiger partial charge in [0, 0.05) is 28.2 Å². The average molecular weight is 331 g/mol. The maximum atomic E-state index is 12.1. The van der Waals surface area contributed by atoms with Crippen molar-refractivity contribution in [3.05, 3.63) is 63.6 Å². The smallest absolute Gasteiger partial charge is 0.251 e. The van der Waals surface area contributed by atoms with Gasteiger partial charge in [0.2, 0.25) is 0 Å². The van der Waals surface area contributed by atoms with E-state index < -0.39 is 0 Å². The summed E-state index contributed by atoms with van der Waals surface area (Å²) < 4.78 is 0.816. The van der Waals surface area contributed by atoms with Crippen LogP contribution in [0.3, 0.4) is 0 Å². The van der Waals surface area contributed by atoms with Crippen molar-refractivity contribution in [1.29, 1.82) is 0 Å². The molecular weight excluding hydrogens is 316 g/mol. The van der Waals surface area contributed by atoms with Crippen LogP contribution in [0.15, 0.2) is 46.9 Å². The molecule has 1 atom stereocenters. The second kappa shape index (κ2) is 5.29. The predicted molar refractivity (Wildman–Crippen MR) is 83.8 cm³/mol. The Bertz CT molecular complexity index is 649. The molecule has 2 aromatic rings. The number of rotatable bonds is 3. The molecule has 0 fully saturated rings. The van der Waals surface area contributed by atoms with Crippen molar-refractivity contribution >= 4 is 27.5 Å². The van der Waals surface area contributed by atoms with Crippen molar-refractivity contribution in [2.24, 2.45) is 0 Å². The number of nitrogens with one attached hydrogen (secondary N) is 1. The molecule has 0 heterocycles. The third-order valence-electron chi connectivity index (χ3n) is 3.65. The number of carbonyl (C=O) groups excluding carboxylic acids is 1. The normalized spacial score (nSPS) is 16.1. The first-order chi connectivity index (χ1) is 9.63. The van der Waals surface area contributed by atoms with Crippen molar-refractivity contribution in [2.45, 2.75) is 12.3 Å². The van der Waals surface area contributed by atoms with E-state index in [4.69, 9.17) is 5.73 Å². The first kappa shape index (κ1) is 13.2. The lowest BCUT2D eigenvalue weighted by atomic mass is 9.77. The summed E-state index contributed by atoms with van der Waals surface area (Å²) in [7, 11) is 0. The molecule has 1 aliphatic carbocycles. The molecule has 1 aliphatic rings. The number of hydrogen-bond donors (Lipinski definition) is 2. The van der Waals surface area contributed by atoms with Gasteiger partial charge < -0.3 is 11.1 Å². The third-order valence-corrected chi connectivity index (χ3v) is 4.11. The predicted octanol–water partition coefficient (Wildman–Crippen LogP) is 3.10. The van der Waals surface area contributed by atoms with Gasteiger partial charge in [0.25, 0.3) is 5.91 Å². The fourth-order valence-corrected chi connectivity index (χ4v) is 3.12. The van der Waals surface area contributed by atoms with Crippen molar-refractivity contribution in [2.75, 3.05) is 12.3 Å². The van der Waals surface area contributed by atoms with E-state index >= 15 is 0 Å². The average Bonchev–Trinajstić information content (AvgIpc) is 2.38. The zero-order chi connectivity index (χ0) is 14.1. The van der Waals surface area contributed by atoms with E-state index in [2.05, 4.69) is 39.4 Å². The molecule has 0 radical (unpaired) electrons. The van der Waals surface area contributed by atoms with E-state index in [1.54, 1.807) is 18.2 Å². The molecule has 3 N–H and O–H groups in total. The van der Waals surface area contributed by atoms with Crippen LogP contribution in [-0.4, -0.2) is 12.5 Å². The van der Waals surface area contributed by atoms with Crippen molar-refractivity contribution in [3.8, 4) is 0 Å². The van der Waals surface area contributed by atoms with Crippen LogP contribution in [0.1, 0.15) is 27.4 Å². The lowest BCUT2D eigenvalue weighted by molar-refractivity contribution is 0.0950. The van der Waals surface area contributed by atoms with Crippen LogP contribution in [0.4, 0.5) is 5.69 Å². The van der Waals surface area contributed by atoms with E-state index in [0.717, 1.165) is 10.9 Å². The fourth-order valence-electron chi connectivity index (χ4n) is 2.61. The fraction of sp³-hybridized carbons (Fsp3) is 0.188. The highest BCUT2D eigenvalue weighted by Gasteiger charge is 2.25. The number of nitrogens with two attached hydrogens (primary N) is 1. The molecule has 0 bridgehead atoms. The number of amides is 1. The van der Waals surface area contributed by atoms with Crippen molar-refractivity contribution < 1.29 is 4.79 Å². The molecule has 0 saturated heterocycles. The van der Waals surface area contributed by atoms with E-state index in [-0.39, 0.29) is 5.91 Å². The van der Waals surface area contributed by atoms with Gasteiger partial charge in [-0.25, -0.2) is 0 Å². The molecule has 0 spiro atoms. The highest BCUT2D eigenvalue weighted by atomic mass is 79.9. The van der Waals surface area contributed by atoms with Crippen molar-refractivity contribution in [3.63, 3.8) is 0 Å². The molecule has 3 nitrogen and oxygen atoms in total. The highest BCUT2D eigenvalue weighted by molar-refractivity contribution is 9.10. The summed E-state index contributed by atoms with van der Waals surface area (Å²) in [5.74, 6) is 0.349. The molecule has 3 rings (SSSR count). The van der Waals surface area contributed by atoms with Crippen LogP contribution in [0, 0.1) is 0 Å². The van der Waals surface area contributed by atoms with Crippen LogP contribution >= 0.6 is 15.9 Å². The van der Waals surface area contributed by atoms with Gasteiger partial charge in [-0.1, -0.05) is 40.2 Å². The number of benzene rings is 2. The van der Waals surface area contributed by atoms with Crippen LogP contribution in [-0.2, 0) is 6.42 Å². The molecule has 1 unspecified atom stereocenters. The van der Waals surface area contributed by atoms with Crippen LogP contribution in [0.25, 0.3) is 0 Å². The number of anilines is 1. The van der Waals surface area contributed by atoms with Crippen molar-refractivity contribution in [1.82, 2.24) is 5.32 Å². The van der Waals surface area contributed by atoms with Gasteiger partial charge >= 0.3 is 0 Å². The van der Waals surface area contributed by atoms with Crippen LogP contribution in [0.2, 0.25) is 0 Å². The van der Waals surface area contributed by atoms with Gasteiger partial charge in [-0.15, -0.1) is 0 Å². The van der Waals surface area contributed by atoms with Crippen LogP contribution < -0.4 is 11.1 Å². The molecule has 0 saturated carbocycles.